The summed E-state index contributed by atoms with van der Waals surface area (Å²) in [5.74, 6) is 0.451. The van der Waals surface area contributed by atoms with Gasteiger partial charge < -0.3 is 4.42 Å². The highest BCUT2D eigenvalue weighted by molar-refractivity contribution is 6.11. The lowest BCUT2D eigenvalue weighted by Gasteiger charge is -2.21. The van der Waals surface area contributed by atoms with E-state index >= 15 is 0 Å². The fourth-order valence-electron chi connectivity index (χ4n) is 5.75. The van der Waals surface area contributed by atoms with Gasteiger partial charge >= 0.3 is 0 Å². The molecule has 2 heteroatoms. The van der Waals surface area contributed by atoms with E-state index in [9.17, 15) is 0 Å². The van der Waals surface area contributed by atoms with Gasteiger partial charge in [-0.2, -0.15) is 0 Å². The molecule has 0 spiro atoms. The summed E-state index contributed by atoms with van der Waals surface area (Å²) in [6.07, 6.45) is 2.00. The van der Waals surface area contributed by atoms with E-state index in [1.54, 1.807) is 0 Å². The molecule has 0 N–H and O–H groups in total. The summed E-state index contributed by atoms with van der Waals surface area (Å²) in [6, 6.07) is 20.0. The molecule has 0 bridgehead atoms. The molecule has 33 heavy (non-hydrogen) atoms. The molecule has 5 aromatic rings. The van der Waals surface area contributed by atoms with Crippen molar-refractivity contribution in [2.24, 2.45) is 0 Å². The average molecular weight is 432 g/mol. The van der Waals surface area contributed by atoms with Gasteiger partial charge in [0.15, 0.2) is 0 Å². The molecule has 6 rings (SSSR count). The van der Waals surface area contributed by atoms with Crippen LogP contribution in [0.15, 0.2) is 65.2 Å². The van der Waals surface area contributed by atoms with Crippen LogP contribution >= 0.6 is 0 Å². The minimum absolute atomic E-state index is 0.0259. The highest BCUT2D eigenvalue weighted by Gasteiger charge is 2.36. The Morgan fingerprint density at radius 3 is 2.39 bits per heavy atom. The van der Waals surface area contributed by atoms with Crippen LogP contribution in [0.4, 0.5) is 0 Å². The second-order valence-electron chi connectivity index (χ2n) is 10.4. The van der Waals surface area contributed by atoms with Crippen LogP contribution in [0, 0.1) is 13.8 Å². The molecule has 0 saturated carbocycles. The van der Waals surface area contributed by atoms with Gasteiger partial charge in [0.05, 0.1) is 5.69 Å². The lowest BCUT2D eigenvalue weighted by molar-refractivity contribution is 0.658. The fraction of sp³-hybridized carbons (Fsp3) is 0.258. The number of fused-ring (bicyclic) bond motifs is 6. The first-order valence-electron chi connectivity index (χ1n) is 11.8. The maximum Gasteiger partial charge on any atom is 0.145 e. The van der Waals surface area contributed by atoms with Crippen LogP contribution in [-0.2, 0) is 5.41 Å². The van der Waals surface area contributed by atoms with Gasteiger partial charge in [0.2, 0.25) is 0 Å². The van der Waals surface area contributed by atoms with Crippen molar-refractivity contribution < 1.29 is 4.42 Å². The lowest BCUT2D eigenvalue weighted by Crippen LogP contribution is -2.14. The van der Waals surface area contributed by atoms with E-state index in [2.05, 4.69) is 96.1 Å². The Hall–Kier alpha value is -3.39. The Morgan fingerprint density at radius 1 is 0.818 bits per heavy atom. The van der Waals surface area contributed by atoms with Crippen molar-refractivity contribution in [2.75, 3.05) is 0 Å². The number of aryl methyl sites for hydroxylation is 2. The average Bonchev–Trinajstić information content (AvgIpc) is 3.25. The van der Waals surface area contributed by atoms with Crippen LogP contribution in [0.3, 0.4) is 0 Å². The van der Waals surface area contributed by atoms with E-state index in [0.717, 1.165) is 27.8 Å². The first-order chi connectivity index (χ1) is 15.8. The molecule has 0 radical (unpaired) electrons. The van der Waals surface area contributed by atoms with Crippen LogP contribution < -0.4 is 0 Å². The molecule has 0 atom stereocenters. The predicted octanol–water partition coefficient (Wildman–Crippen LogP) is 8.69. The predicted molar refractivity (Wildman–Crippen MR) is 138 cm³/mol. The Labute approximate surface area is 195 Å². The third-order valence-corrected chi connectivity index (χ3v) is 7.57. The van der Waals surface area contributed by atoms with Gasteiger partial charge in [0.25, 0.3) is 0 Å². The zero-order valence-electron chi connectivity index (χ0n) is 20.2. The number of rotatable bonds is 2. The summed E-state index contributed by atoms with van der Waals surface area (Å²) < 4.78 is 6.62. The molecule has 0 aliphatic heterocycles. The second-order valence-corrected chi connectivity index (χ2v) is 10.4. The standard InChI is InChI=1S/C31H29NO/c1-17(2)22-14-27(32-16-19(22)4)29-18(3)11-12-21-24-13-26-23(15-28(24)33-30(21)29)20-9-7-8-10-25(20)31(26,5)6/h7-17H,1-6H3. The number of benzene rings is 3. The van der Waals surface area contributed by atoms with E-state index in [1.165, 1.54) is 44.3 Å². The summed E-state index contributed by atoms with van der Waals surface area (Å²) in [5, 5.41) is 2.34. The maximum absolute atomic E-state index is 6.62. The van der Waals surface area contributed by atoms with Gasteiger partial charge in [-0.25, -0.2) is 0 Å². The smallest absolute Gasteiger partial charge is 0.145 e. The minimum atomic E-state index is -0.0259. The molecule has 0 amide bonds. The van der Waals surface area contributed by atoms with Gasteiger partial charge in [-0.15, -0.1) is 0 Å². The monoisotopic (exact) mass is 431 g/mol. The third kappa shape index (κ3) is 2.76. The topological polar surface area (TPSA) is 26.0 Å². The van der Waals surface area contributed by atoms with Crippen molar-refractivity contribution >= 4 is 21.9 Å². The van der Waals surface area contributed by atoms with Crippen LogP contribution in [0.5, 0.6) is 0 Å². The number of nitrogens with zero attached hydrogens (tertiary/aromatic N) is 1. The Morgan fingerprint density at radius 2 is 1.61 bits per heavy atom. The molecule has 0 saturated heterocycles. The molecular formula is C31H29NO. The lowest BCUT2D eigenvalue weighted by atomic mass is 9.82. The molecule has 2 nitrogen and oxygen atoms in total. The molecule has 2 heterocycles. The van der Waals surface area contributed by atoms with Crippen molar-refractivity contribution in [2.45, 2.75) is 52.9 Å². The summed E-state index contributed by atoms with van der Waals surface area (Å²) in [6.45, 7) is 13.4. The number of pyridine rings is 1. The van der Waals surface area contributed by atoms with Crippen molar-refractivity contribution in [1.82, 2.24) is 4.98 Å². The van der Waals surface area contributed by atoms with Crippen LogP contribution in [0.2, 0.25) is 0 Å². The Balaban J connectivity index is 1.65. The van der Waals surface area contributed by atoms with Crippen LogP contribution in [-0.4, -0.2) is 4.98 Å². The maximum atomic E-state index is 6.62. The van der Waals surface area contributed by atoms with Gasteiger partial charge in [0.1, 0.15) is 11.2 Å². The molecule has 2 aromatic heterocycles. The van der Waals surface area contributed by atoms with E-state index in [-0.39, 0.29) is 5.41 Å². The zero-order chi connectivity index (χ0) is 23.1. The van der Waals surface area contributed by atoms with E-state index < -0.39 is 0 Å². The summed E-state index contributed by atoms with van der Waals surface area (Å²) in [4.78, 5) is 4.83. The number of hydrogen-bond donors (Lipinski definition) is 0. The minimum Gasteiger partial charge on any atom is -0.455 e. The normalized spacial score (nSPS) is 14.3. The summed E-state index contributed by atoms with van der Waals surface area (Å²) in [5.41, 5.74) is 13.1. The van der Waals surface area contributed by atoms with Crippen LogP contribution in [0.1, 0.15) is 61.4 Å². The zero-order valence-corrected chi connectivity index (χ0v) is 20.2. The highest BCUT2D eigenvalue weighted by atomic mass is 16.3. The summed E-state index contributed by atoms with van der Waals surface area (Å²) >= 11 is 0. The summed E-state index contributed by atoms with van der Waals surface area (Å²) in [7, 11) is 0. The SMILES string of the molecule is Cc1cnc(-c2c(C)ccc3c2oc2cc4c(cc23)C(C)(C)c2ccccc2-4)cc1C(C)C. The van der Waals surface area contributed by atoms with Crippen molar-refractivity contribution in [3.8, 4) is 22.4 Å². The first kappa shape index (κ1) is 20.2. The molecule has 164 valence electrons. The molecular weight excluding hydrogens is 402 g/mol. The van der Waals surface area contributed by atoms with Crippen molar-refractivity contribution in [3.63, 3.8) is 0 Å². The largest absolute Gasteiger partial charge is 0.455 e. The van der Waals surface area contributed by atoms with Crippen molar-refractivity contribution in [3.05, 3.63) is 88.6 Å². The third-order valence-electron chi connectivity index (χ3n) is 7.57. The Bertz CT molecular complexity index is 1580. The highest BCUT2D eigenvalue weighted by Crippen LogP contribution is 2.51. The fourth-order valence-corrected chi connectivity index (χ4v) is 5.75. The number of hydrogen-bond acceptors (Lipinski definition) is 2. The Kier molecular flexibility index (Phi) is 4.17. The van der Waals surface area contributed by atoms with Gasteiger partial charge in [0, 0.05) is 27.9 Å². The van der Waals surface area contributed by atoms with Gasteiger partial charge in [-0.05, 0) is 76.9 Å². The molecule has 0 unspecified atom stereocenters. The van der Waals surface area contributed by atoms with E-state index in [1.807, 2.05) is 6.20 Å². The van der Waals surface area contributed by atoms with E-state index in [0.29, 0.717) is 5.92 Å². The quantitative estimate of drug-likeness (QED) is 0.279. The molecule has 1 aliphatic carbocycles. The van der Waals surface area contributed by atoms with Crippen molar-refractivity contribution in [1.29, 1.82) is 0 Å². The molecule has 1 aliphatic rings. The molecule has 0 fully saturated rings. The first-order valence-corrected chi connectivity index (χ1v) is 11.8. The van der Waals surface area contributed by atoms with Gasteiger partial charge in [-0.1, -0.05) is 64.1 Å². The van der Waals surface area contributed by atoms with Gasteiger partial charge in [-0.3, -0.25) is 4.98 Å². The van der Waals surface area contributed by atoms with E-state index in [4.69, 9.17) is 9.40 Å². The number of furan rings is 1. The molecule has 3 aromatic carbocycles. The van der Waals surface area contributed by atoms with Crippen LogP contribution in [0.25, 0.3) is 44.3 Å². The second kappa shape index (κ2) is 6.81. The number of aromatic nitrogens is 1.